The van der Waals surface area contributed by atoms with Crippen LogP contribution in [0.5, 0.6) is 5.75 Å². The number of ether oxygens (including phenoxy) is 1. The van der Waals surface area contributed by atoms with E-state index in [1.54, 1.807) is 12.7 Å². The topological polar surface area (TPSA) is 26.3 Å². The number of fused-ring (bicyclic) bond motifs is 5. The van der Waals surface area contributed by atoms with Crippen LogP contribution < -0.4 is 4.74 Å². The van der Waals surface area contributed by atoms with Crippen molar-refractivity contribution in [2.45, 2.75) is 70.6 Å². The van der Waals surface area contributed by atoms with Gasteiger partial charge in [-0.25, -0.2) is 0 Å². The van der Waals surface area contributed by atoms with Crippen LogP contribution in [0.1, 0.15) is 75.3 Å². The van der Waals surface area contributed by atoms with Crippen molar-refractivity contribution in [3.63, 3.8) is 0 Å². The highest BCUT2D eigenvalue weighted by Gasteiger charge is 2.63. The molecular weight excluding hydrogens is 308 g/mol. The molecular formula is C23H30O2. The van der Waals surface area contributed by atoms with E-state index in [1.807, 2.05) is 0 Å². The van der Waals surface area contributed by atoms with Gasteiger partial charge in [-0.05, 0) is 86.0 Å². The molecule has 2 unspecified atom stereocenters. The fourth-order valence-corrected chi connectivity index (χ4v) is 7.27. The molecule has 4 aliphatic carbocycles. The minimum Gasteiger partial charge on any atom is -0.497 e. The summed E-state index contributed by atoms with van der Waals surface area (Å²) in [5, 5.41) is 0. The van der Waals surface area contributed by atoms with E-state index < -0.39 is 0 Å². The third-order valence-corrected chi connectivity index (χ3v) is 8.50. The zero-order valence-electron chi connectivity index (χ0n) is 15.6. The van der Waals surface area contributed by atoms with Gasteiger partial charge in [0.25, 0.3) is 0 Å². The molecule has 3 saturated carbocycles. The summed E-state index contributed by atoms with van der Waals surface area (Å²) in [6, 6.07) is 6.70. The molecule has 0 N–H and O–H groups in total. The second-order valence-electron chi connectivity index (χ2n) is 9.46. The molecule has 4 aliphatic rings. The molecule has 25 heavy (non-hydrogen) atoms. The predicted octanol–water partition coefficient (Wildman–Crippen LogP) is 5.29. The Hall–Kier alpha value is -1.31. The van der Waals surface area contributed by atoms with Crippen LogP contribution in [0, 0.1) is 22.7 Å². The van der Waals surface area contributed by atoms with E-state index in [-0.39, 0.29) is 10.8 Å². The molecule has 0 bridgehead atoms. The monoisotopic (exact) mass is 338 g/mol. The molecule has 0 saturated heterocycles. The maximum Gasteiger partial charge on any atom is 0.145 e. The second kappa shape index (κ2) is 5.34. The van der Waals surface area contributed by atoms with Crippen LogP contribution in [0.25, 0.3) is 0 Å². The fourth-order valence-electron chi connectivity index (χ4n) is 7.27. The van der Waals surface area contributed by atoms with Gasteiger partial charge >= 0.3 is 0 Å². The summed E-state index contributed by atoms with van der Waals surface area (Å²) in [7, 11) is 1.75. The van der Waals surface area contributed by atoms with Gasteiger partial charge in [0.15, 0.2) is 0 Å². The van der Waals surface area contributed by atoms with Gasteiger partial charge in [0.05, 0.1) is 7.11 Å². The Morgan fingerprint density at radius 1 is 1.12 bits per heavy atom. The summed E-state index contributed by atoms with van der Waals surface area (Å²) in [6.07, 6.45) is 10.8. The standard InChI is InChI=1S/C23H30O2/c1-22-12-9-18-17-8-6-16(25-2)13-15(17)5-7-19(18)20(22)14-23(21(22)24)10-3-4-11-23/h6,8,13,18-20H,3-5,7,9-12,14H2,1-2H3/t18-,19?,20+,22?/m1/s1. The van der Waals surface area contributed by atoms with Crippen LogP contribution in [-0.2, 0) is 11.2 Å². The molecule has 0 amide bonds. The quantitative estimate of drug-likeness (QED) is 0.695. The predicted molar refractivity (Wildman–Crippen MR) is 98.9 cm³/mol. The summed E-state index contributed by atoms with van der Waals surface area (Å²) in [5.74, 6) is 3.63. The maximum atomic E-state index is 13.5. The van der Waals surface area contributed by atoms with Gasteiger partial charge in [0.1, 0.15) is 11.5 Å². The smallest absolute Gasteiger partial charge is 0.145 e. The normalized spacial score (nSPS) is 38.3. The van der Waals surface area contributed by atoms with Gasteiger partial charge in [-0.15, -0.1) is 0 Å². The average Bonchev–Trinajstić information content (AvgIpc) is 3.19. The Morgan fingerprint density at radius 2 is 1.92 bits per heavy atom. The highest BCUT2D eigenvalue weighted by atomic mass is 16.5. The highest BCUT2D eigenvalue weighted by Crippen LogP contribution is 2.66. The summed E-state index contributed by atoms with van der Waals surface area (Å²) in [6.45, 7) is 2.33. The maximum absolute atomic E-state index is 13.5. The van der Waals surface area contributed by atoms with Crippen LogP contribution >= 0.6 is 0 Å². The van der Waals surface area contributed by atoms with Gasteiger partial charge in [-0.1, -0.05) is 25.8 Å². The molecule has 0 aromatic heterocycles. The second-order valence-corrected chi connectivity index (χ2v) is 9.46. The molecule has 1 spiro atoms. The molecule has 134 valence electrons. The van der Waals surface area contributed by atoms with Gasteiger partial charge in [0.2, 0.25) is 0 Å². The summed E-state index contributed by atoms with van der Waals surface area (Å²) in [5.41, 5.74) is 3.08. The van der Waals surface area contributed by atoms with Crippen molar-refractivity contribution in [1.82, 2.24) is 0 Å². The van der Waals surface area contributed by atoms with Crippen molar-refractivity contribution in [2.75, 3.05) is 7.11 Å². The van der Waals surface area contributed by atoms with E-state index in [0.717, 1.165) is 18.6 Å². The average molecular weight is 338 g/mol. The third kappa shape index (κ3) is 2.06. The van der Waals surface area contributed by atoms with Crippen LogP contribution in [0.2, 0.25) is 0 Å². The van der Waals surface area contributed by atoms with E-state index in [9.17, 15) is 4.79 Å². The lowest BCUT2D eigenvalue weighted by Crippen LogP contribution is -2.43. The first-order chi connectivity index (χ1) is 12.1. The number of carbonyl (C=O) groups excluding carboxylic acids is 1. The summed E-state index contributed by atoms with van der Waals surface area (Å²) < 4.78 is 5.43. The van der Waals surface area contributed by atoms with Gasteiger partial charge in [-0.2, -0.15) is 0 Å². The highest BCUT2D eigenvalue weighted by molar-refractivity contribution is 5.93. The van der Waals surface area contributed by atoms with Crippen molar-refractivity contribution < 1.29 is 9.53 Å². The largest absolute Gasteiger partial charge is 0.497 e. The summed E-state index contributed by atoms with van der Waals surface area (Å²) in [4.78, 5) is 13.5. The first kappa shape index (κ1) is 15.9. The number of rotatable bonds is 1. The number of hydrogen-bond acceptors (Lipinski definition) is 2. The lowest BCUT2D eigenvalue weighted by Gasteiger charge is -2.48. The van der Waals surface area contributed by atoms with E-state index in [2.05, 4.69) is 25.1 Å². The molecule has 3 fully saturated rings. The van der Waals surface area contributed by atoms with Crippen LogP contribution in [0.15, 0.2) is 18.2 Å². The molecule has 1 aromatic rings. The Kier molecular flexibility index (Phi) is 3.40. The minimum absolute atomic E-state index is 0.0323. The van der Waals surface area contributed by atoms with E-state index in [1.165, 1.54) is 50.5 Å². The number of carbonyl (C=O) groups is 1. The number of Topliss-reactive ketones (excluding diaryl/α,β-unsaturated/α-hetero) is 1. The van der Waals surface area contributed by atoms with Gasteiger partial charge < -0.3 is 4.74 Å². The van der Waals surface area contributed by atoms with E-state index in [4.69, 9.17) is 4.74 Å². The van der Waals surface area contributed by atoms with Gasteiger partial charge in [0, 0.05) is 10.8 Å². The molecule has 4 atom stereocenters. The zero-order chi connectivity index (χ0) is 17.2. The van der Waals surface area contributed by atoms with Crippen LogP contribution in [0.3, 0.4) is 0 Å². The zero-order valence-corrected chi connectivity index (χ0v) is 15.6. The SMILES string of the molecule is COc1ccc2c(c1)CCC1[C@@H]2CCC2(C)C(=O)C3(CCCC3)C[C@@H]12. The Morgan fingerprint density at radius 3 is 2.68 bits per heavy atom. The number of hydrogen-bond donors (Lipinski definition) is 0. The minimum atomic E-state index is -0.0323. The number of benzene rings is 1. The molecule has 0 radical (unpaired) electrons. The third-order valence-electron chi connectivity index (χ3n) is 8.50. The number of methoxy groups -OCH3 is 1. The molecule has 2 nitrogen and oxygen atoms in total. The number of aryl methyl sites for hydroxylation is 1. The van der Waals surface area contributed by atoms with Crippen molar-refractivity contribution in [3.05, 3.63) is 29.3 Å². The van der Waals surface area contributed by atoms with Crippen LogP contribution in [0.4, 0.5) is 0 Å². The first-order valence-corrected chi connectivity index (χ1v) is 10.3. The van der Waals surface area contributed by atoms with Crippen molar-refractivity contribution >= 4 is 5.78 Å². The molecule has 0 aliphatic heterocycles. The summed E-state index contributed by atoms with van der Waals surface area (Å²) >= 11 is 0. The van der Waals surface area contributed by atoms with Crippen molar-refractivity contribution in [3.8, 4) is 5.75 Å². The number of ketones is 1. The fraction of sp³-hybridized carbons (Fsp3) is 0.696. The lowest BCUT2D eigenvalue weighted by molar-refractivity contribution is -0.135. The van der Waals surface area contributed by atoms with Crippen LogP contribution in [-0.4, -0.2) is 12.9 Å². The van der Waals surface area contributed by atoms with E-state index >= 15 is 0 Å². The first-order valence-electron chi connectivity index (χ1n) is 10.3. The van der Waals surface area contributed by atoms with Crippen molar-refractivity contribution in [2.24, 2.45) is 22.7 Å². The molecule has 0 heterocycles. The Labute approximate surface area is 151 Å². The molecule has 5 rings (SSSR count). The van der Waals surface area contributed by atoms with E-state index in [0.29, 0.717) is 23.5 Å². The lowest BCUT2D eigenvalue weighted by atomic mass is 9.55. The Balaban J connectivity index is 1.51. The molecule has 2 heteroatoms. The van der Waals surface area contributed by atoms with Gasteiger partial charge in [-0.3, -0.25) is 4.79 Å². The van der Waals surface area contributed by atoms with Crippen molar-refractivity contribution in [1.29, 1.82) is 0 Å². The molecule has 1 aromatic carbocycles. The Bertz CT molecular complexity index is 715.